The van der Waals surface area contributed by atoms with Gasteiger partial charge in [-0.2, -0.15) is 0 Å². The molecule has 4 nitrogen and oxygen atoms in total. The van der Waals surface area contributed by atoms with Crippen molar-refractivity contribution in [2.24, 2.45) is 4.99 Å². The van der Waals surface area contributed by atoms with Crippen LogP contribution in [0.25, 0.3) is 0 Å². The molecule has 0 radical (unpaired) electrons. The van der Waals surface area contributed by atoms with Crippen molar-refractivity contribution in [3.8, 4) is 0 Å². The summed E-state index contributed by atoms with van der Waals surface area (Å²) in [5, 5.41) is 0. The maximum Gasteiger partial charge on any atom is 0.105 e. The molecule has 0 aliphatic carbocycles. The number of ether oxygens (including phenoxy) is 1. The van der Waals surface area contributed by atoms with Crippen LogP contribution < -0.4 is 0 Å². The quantitative estimate of drug-likeness (QED) is 0.845. The molecule has 0 bridgehead atoms. The van der Waals surface area contributed by atoms with Crippen LogP contribution in [0.15, 0.2) is 29.3 Å². The Balaban J connectivity index is 1.77. The molecule has 3 rings (SSSR count). The van der Waals surface area contributed by atoms with Crippen molar-refractivity contribution in [1.82, 2.24) is 9.80 Å². The minimum atomic E-state index is 0.847. The molecular weight excluding hydrogens is 250 g/mol. The molecule has 1 aromatic rings. The summed E-state index contributed by atoms with van der Waals surface area (Å²) in [6.45, 7) is 5.83. The summed E-state index contributed by atoms with van der Waals surface area (Å²) < 4.78 is 5.41. The zero-order valence-corrected chi connectivity index (χ0v) is 12.2. The fourth-order valence-electron chi connectivity index (χ4n) is 2.83. The molecule has 2 fully saturated rings. The molecule has 2 heterocycles. The molecular formula is C16H23N3O. The monoisotopic (exact) mass is 273 g/mol. The number of benzene rings is 1. The Kier molecular flexibility index (Phi) is 4.33. The van der Waals surface area contributed by atoms with Gasteiger partial charge in [0.2, 0.25) is 0 Å². The van der Waals surface area contributed by atoms with E-state index in [1.54, 1.807) is 0 Å². The molecule has 0 aromatic heterocycles. The van der Waals surface area contributed by atoms with Gasteiger partial charge in [-0.15, -0.1) is 0 Å². The van der Waals surface area contributed by atoms with Crippen LogP contribution in [0.2, 0.25) is 0 Å². The van der Waals surface area contributed by atoms with Crippen LogP contribution in [-0.2, 0) is 11.3 Å². The molecule has 108 valence electrons. The first-order valence-corrected chi connectivity index (χ1v) is 7.49. The minimum Gasteiger partial charge on any atom is -0.379 e. The predicted molar refractivity (Wildman–Crippen MR) is 81.5 cm³/mol. The van der Waals surface area contributed by atoms with Gasteiger partial charge in [0, 0.05) is 39.6 Å². The summed E-state index contributed by atoms with van der Waals surface area (Å²) >= 11 is 0. The number of para-hydroxylation sites is 1. The summed E-state index contributed by atoms with van der Waals surface area (Å²) in [5.41, 5.74) is 2.45. The summed E-state index contributed by atoms with van der Waals surface area (Å²) in [6, 6.07) is 8.52. The zero-order chi connectivity index (χ0) is 13.8. The van der Waals surface area contributed by atoms with E-state index in [1.807, 2.05) is 0 Å². The second-order valence-electron chi connectivity index (χ2n) is 5.57. The number of rotatable bonds is 3. The number of amidine groups is 1. The second-order valence-corrected chi connectivity index (χ2v) is 5.57. The highest BCUT2D eigenvalue weighted by Crippen LogP contribution is 2.23. The van der Waals surface area contributed by atoms with E-state index < -0.39 is 0 Å². The molecule has 0 amide bonds. The van der Waals surface area contributed by atoms with E-state index in [9.17, 15) is 0 Å². The Morgan fingerprint density at radius 3 is 2.70 bits per heavy atom. The van der Waals surface area contributed by atoms with Crippen molar-refractivity contribution in [1.29, 1.82) is 0 Å². The number of nitrogens with zero attached hydrogens (tertiary/aromatic N) is 3. The fraction of sp³-hybridized carbons (Fsp3) is 0.562. The minimum absolute atomic E-state index is 0.847. The standard InChI is InChI=1S/C16H23N3O/c1-18-8-4-7-16(18)17-15-6-3-2-5-14(15)13-19-9-11-20-12-10-19/h2-3,5-6H,4,7-13H2,1H3/b17-16+. The van der Waals surface area contributed by atoms with Crippen LogP contribution in [0, 0.1) is 0 Å². The Hall–Kier alpha value is -1.39. The van der Waals surface area contributed by atoms with Gasteiger partial charge in [-0.1, -0.05) is 18.2 Å². The van der Waals surface area contributed by atoms with Crippen molar-refractivity contribution in [2.45, 2.75) is 19.4 Å². The molecule has 0 atom stereocenters. The van der Waals surface area contributed by atoms with Crippen molar-refractivity contribution in [2.75, 3.05) is 39.9 Å². The van der Waals surface area contributed by atoms with Gasteiger partial charge >= 0.3 is 0 Å². The van der Waals surface area contributed by atoms with Crippen LogP contribution in [0.1, 0.15) is 18.4 Å². The lowest BCUT2D eigenvalue weighted by atomic mass is 10.1. The van der Waals surface area contributed by atoms with Gasteiger partial charge in [-0.05, 0) is 18.1 Å². The van der Waals surface area contributed by atoms with Gasteiger partial charge in [0.25, 0.3) is 0 Å². The van der Waals surface area contributed by atoms with Crippen molar-refractivity contribution < 1.29 is 4.74 Å². The van der Waals surface area contributed by atoms with Crippen molar-refractivity contribution in [3.05, 3.63) is 29.8 Å². The third-order valence-corrected chi connectivity index (χ3v) is 4.07. The lowest BCUT2D eigenvalue weighted by Gasteiger charge is -2.27. The largest absolute Gasteiger partial charge is 0.379 e. The maximum absolute atomic E-state index is 5.41. The highest BCUT2D eigenvalue weighted by molar-refractivity contribution is 5.86. The molecule has 0 unspecified atom stereocenters. The van der Waals surface area contributed by atoms with Gasteiger partial charge in [0.1, 0.15) is 5.84 Å². The Morgan fingerprint density at radius 1 is 1.15 bits per heavy atom. The number of aliphatic imine (C=N–C) groups is 1. The summed E-state index contributed by atoms with van der Waals surface area (Å²) in [7, 11) is 2.14. The van der Waals surface area contributed by atoms with Crippen molar-refractivity contribution >= 4 is 11.5 Å². The molecule has 2 aliphatic heterocycles. The molecule has 20 heavy (non-hydrogen) atoms. The van der Waals surface area contributed by atoms with E-state index in [0.29, 0.717) is 0 Å². The first-order chi connectivity index (χ1) is 9.83. The van der Waals surface area contributed by atoms with E-state index in [2.05, 4.69) is 41.1 Å². The highest BCUT2D eigenvalue weighted by Gasteiger charge is 2.16. The normalized spacial score (nSPS) is 22.6. The lowest BCUT2D eigenvalue weighted by Crippen LogP contribution is -2.35. The van der Waals surface area contributed by atoms with E-state index in [0.717, 1.165) is 51.5 Å². The summed E-state index contributed by atoms with van der Waals surface area (Å²) in [4.78, 5) is 9.60. The second kappa shape index (κ2) is 6.37. The van der Waals surface area contributed by atoms with E-state index in [-0.39, 0.29) is 0 Å². The van der Waals surface area contributed by atoms with Crippen LogP contribution in [0.5, 0.6) is 0 Å². The van der Waals surface area contributed by atoms with Crippen LogP contribution in [-0.4, -0.2) is 55.5 Å². The molecule has 2 saturated heterocycles. The number of likely N-dealkylation sites (tertiary alicyclic amines) is 1. The molecule has 0 N–H and O–H groups in total. The summed E-state index contributed by atoms with van der Waals surface area (Å²) in [5.74, 6) is 1.22. The third kappa shape index (κ3) is 3.19. The Labute approximate surface area is 121 Å². The van der Waals surface area contributed by atoms with Crippen LogP contribution >= 0.6 is 0 Å². The molecule has 1 aromatic carbocycles. The molecule has 0 spiro atoms. The van der Waals surface area contributed by atoms with Gasteiger partial charge in [-0.3, -0.25) is 4.90 Å². The number of morpholine rings is 1. The zero-order valence-electron chi connectivity index (χ0n) is 12.2. The van der Waals surface area contributed by atoms with Gasteiger partial charge < -0.3 is 9.64 Å². The highest BCUT2D eigenvalue weighted by atomic mass is 16.5. The SMILES string of the molecule is CN1CCC/C1=N\c1ccccc1CN1CCOCC1. The Bertz CT molecular complexity index is 480. The van der Waals surface area contributed by atoms with Gasteiger partial charge in [-0.25, -0.2) is 4.99 Å². The number of hydrogen-bond acceptors (Lipinski definition) is 3. The summed E-state index contributed by atoms with van der Waals surface area (Å²) in [6.07, 6.45) is 2.32. The van der Waals surface area contributed by atoms with Crippen LogP contribution in [0.3, 0.4) is 0 Å². The van der Waals surface area contributed by atoms with E-state index in [1.165, 1.54) is 17.8 Å². The van der Waals surface area contributed by atoms with Gasteiger partial charge in [0.05, 0.1) is 18.9 Å². The fourth-order valence-corrected chi connectivity index (χ4v) is 2.83. The van der Waals surface area contributed by atoms with Gasteiger partial charge in [0.15, 0.2) is 0 Å². The number of hydrogen-bond donors (Lipinski definition) is 0. The predicted octanol–water partition coefficient (Wildman–Crippen LogP) is 2.27. The Morgan fingerprint density at radius 2 is 1.95 bits per heavy atom. The third-order valence-electron chi connectivity index (χ3n) is 4.07. The topological polar surface area (TPSA) is 28.1 Å². The van der Waals surface area contributed by atoms with Crippen molar-refractivity contribution in [3.63, 3.8) is 0 Å². The average molecular weight is 273 g/mol. The smallest absolute Gasteiger partial charge is 0.105 e. The maximum atomic E-state index is 5.41. The molecule has 2 aliphatic rings. The van der Waals surface area contributed by atoms with E-state index in [4.69, 9.17) is 9.73 Å². The first-order valence-electron chi connectivity index (χ1n) is 7.49. The first kappa shape index (κ1) is 13.6. The van der Waals surface area contributed by atoms with E-state index >= 15 is 0 Å². The molecule has 0 saturated carbocycles. The van der Waals surface area contributed by atoms with Crippen LogP contribution in [0.4, 0.5) is 5.69 Å². The average Bonchev–Trinajstić information content (AvgIpc) is 2.88. The lowest BCUT2D eigenvalue weighted by molar-refractivity contribution is 0.0342. The molecule has 4 heteroatoms.